The Bertz CT molecular complexity index is 1230. The molecule has 162 valence electrons. The van der Waals surface area contributed by atoms with Crippen molar-refractivity contribution in [1.29, 1.82) is 0 Å². The van der Waals surface area contributed by atoms with E-state index in [1.54, 1.807) is 34.9 Å². The van der Waals surface area contributed by atoms with Crippen LogP contribution in [-0.2, 0) is 11.3 Å². The molecule has 0 saturated heterocycles. The van der Waals surface area contributed by atoms with Crippen LogP contribution in [0.5, 0.6) is 11.5 Å². The average Bonchev–Trinajstić information content (AvgIpc) is 3.16. The van der Waals surface area contributed by atoms with E-state index < -0.39 is 0 Å². The van der Waals surface area contributed by atoms with Gasteiger partial charge in [-0.15, -0.1) is 0 Å². The van der Waals surface area contributed by atoms with Crippen molar-refractivity contribution in [2.24, 2.45) is 5.92 Å². The van der Waals surface area contributed by atoms with Gasteiger partial charge in [-0.2, -0.15) is 0 Å². The van der Waals surface area contributed by atoms with E-state index >= 15 is 0 Å². The maximum absolute atomic E-state index is 13.0. The van der Waals surface area contributed by atoms with Crippen LogP contribution in [0.15, 0.2) is 40.3 Å². The molecular formula is C21H19Cl2N3O4S. The molecule has 1 aliphatic heterocycles. The number of halogens is 2. The molecule has 3 aromatic rings. The van der Waals surface area contributed by atoms with Crippen LogP contribution in [0.4, 0.5) is 5.69 Å². The van der Waals surface area contributed by atoms with Crippen LogP contribution in [-0.4, -0.2) is 28.0 Å². The quantitative estimate of drug-likeness (QED) is 0.403. The standard InChI is InChI=1S/C21H19Cl2N3O4S/c1-11(2)8-26-20(28)13-5-12(22)3-4-15(13)25-21(26)31-9-19(27)24-16-7-18-17(6-14(16)23)29-10-30-18/h3-7,11H,8-10H2,1-2H3,(H,24,27). The number of fused-ring (bicyclic) bond motifs is 2. The molecule has 2 aromatic carbocycles. The minimum Gasteiger partial charge on any atom is -0.454 e. The van der Waals surface area contributed by atoms with Crippen LogP contribution in [0, 0.1) is 5.92 Å². The average molecular weight is 480 g/mol. The van der Waals surface area contributed by atoms with Crippen molar-refractivity contribution >= 4 is 57.5 Å². The summed E-state index contributed by atoms with van der Waals surface area (Å²) in [6.07, 6.45) is 0. The van der Waals surface area contributed by atoms with Gasteiger partial charge in [0, 0.05) is 23.7 Å². The van der Waals surface area contributed by atoms with Crippen molar-refractivity contribution in [2.75, 3.05) is 17.9 Å². The van der Waals surface area contributed by atoms with Gasteiger partial charge in [0.15, 0.2) is 16.7 Å². The lowest BCUT2D eigenvalue weighted by atomic mass is 10.2. The minimum absolute atomic E-state index is 0.0500. The topological polar surface area (TPSA) is 82.5 Å². The van der Waals surface area contributed by atoms with Crippen LogP contribution in [0.3, 0.4) is 0 Å². The Morgan fingerprint density at radius 2 is 1.97 bits per heavy atom. The first-order chi connectivity index (χ1) is 14.8. The molecule has 10 heteroatoms. The molecule has 0 saturated carbocycles. The van der Waals surface area contributed by atoms with Crippen LogP contribution < -0.4 is 20.3 Å². The molecule has 0 spiro atoms. The molecule has 0 aliphatic carbocycles. The third-order valence-corrected chi connectivity index (χ3v) is 6.02. The zero-order valence-electron chi connectivity index (χ0n) is 16.8. The van der Waals surface area contributed by atoms with Gasteiger partial charge in [-0.05, 0) is 24.1 Å². The van der Waals surface area contributed by atoms with Gasteiger partial charge in [-0.3, -0.25) is 14.2 Å². The normalized spacial score (nSPS) is 12.5. The number of aromatic nitrogens is 2. The molecule has 0 radical (unpaired) electrons. The van der Waals surface area contributed by atoms with E-state index in [2.05, 4.69) is 10.3 Å². The molecule has 0 atom stereocenters. The summed E-state index contributed by atoms with van der Waals surface area (Å²) in [4.78, 5) is 30.2. The Morgan fingerprint density at radius 1 is 1.23 bits per heavy atom. The maximum atomic E-state index is 13.0. The van der Waals surface area contributed by atoms with Gasteiger partial charge in [-0.1, -0.05) is 48.8 Å². The van der Waals surface area contributed by atoms with E-state index in [9.17, 15) is 9.59 Å². The summed E-state index contributed by atoms with van der Waals surface area (Å²) in [6.45, 7) is 4.62. The Kier molecular flexibility index (Phi) is 6.31. The van der Waals surface area contributed by atoms with Crippen molar-refractivity contribution in [2.45, 2.75) is 25.5 Å². The lowest BCUT2D eigenvalue weighted by molar-refractivity contribution is -0.113. The number of rotatable bonds is 6. The number of nitrogens with one attached hydrogen (secondary N) is 1. The highest BCUT2D eigenvalue weighted by molar-refractivity contribution is 7.99. The van der Waals surface area contributed by atoms with E-state index in [4.69, 9.17) is 32.7 Å². The monoisotopic (exact) mass is 479 g/mol. The molecule has 0 bridgehead atoms. The molecule has 1 aliphatic rings. The molecule has 1 N–H and O–H groups in total. The summed E-state index contributed by atoms with van der Waals surface area (Å²) in [7, 11) is 0. The number of nitrogens with zero attached hydrogens (tertiary/aromatic N) is 2. The fourth-order valence-electron chi connectivity index (χ4n) is 3.14. The van der Waals surface area contributed by atoms with Gasteiger partial charge in [0.05, 0.1) is 27.4 Å². The van der Waals surface area contributed by atoms with E-state index in [1.807, 2.05) is 13.8 Å². The Balaban J connectivity index is 1.56. The molecule has 0 unspecified atom stereocenters. The smallest absolute Gasteiger partial charge is 0.262 e. The maximum Gasteiger partial charge on any atom is 0.262 e. The zero-order valence-corrected chi connectivity index (χ0v) is 19.1. The Hall–Kier alpha value is -2.42. The second kappa shape index (κ2) is 8.98. The predicted octanol–water partition coefficient (Wildman–Crippen LogP) is 4.82. The SMILES string of the molecule is CC(C)Cn1c(SCC(=O)Nc2cc3c(cc2Cl)OCO3)nc2ccc(Cl)cc2c1=O. The number of anilines is 1. The largest absolute Gasteiger partial charge is 0.454 e. The van der Waals surface area contributed by atoms with E-state index in [0.717, 1.165) is 0 Å². The number of amides is 1. The van der Waals surface area contributed by atoms with Crippen LogP contribution in [0.1, 0.15) is 13.8 Å². The second-order valence-electron chi connectivity index (χ2n) is 7.39. The van der Waals surface area contributed by atoms with E-state index in [-0.39, 0.29) is 29.9 Å². The number of hydrogen-bond acceptors (Lipinski definition) is 6. The summed E-state index contributed by atoms with van der Waals surface area (Å²) in [5, 5.41) is 4.52. The molecule has 4 rings (SSSR count). The number of carbonyl (C=O) groups excluding carboxylic acids is 1. The highest BCUT2D eigenvalue weighted by Crippen LogP contribution is 2.39. The zero-order chi connectivity index (χ0) is 22.1. The number of benzene rings is 2. The van der Waals surface area contributed by atoms with Gasteiger partial charge in [-0.25, -0.2) is 4.98 Å². The Labute approximate surface area is 192 Å². The first kappa shape index (κ1) is 21.8. The van der Waals surface area contributed by atoms with E-state index in [0.29, 0.717) is 49.8 Å². The lowest BCUT2D eigenvalue weighted by Crippen LogP contribution is -2.26. The molecule has 2 heterocycles. The summed E-state index contributed by atoms with van der Waals surface area (Å²) in [6, 6.07) is 8.23. The number of hydrogen-bond donors (Lipinski definition) is 1. The summed E-state index contributed by atoms with van der Waals surface area (Å²) in [5.41, 5.74) is 0.788. The molecule has 1 amide bonds. The van der Waals surface area contributed by atoms with Crippen LogP contribution in [0.25, 0.3) is 10.9 Å². The second-order valence-corrected chi connectivity index (χ2v) is 9.17. The summed E-state index contributed by atoms with van der Waals surface area (Å²) in [5.74, 6) is 1.04. The van der Waals surface area contributed by atoms with Crippen LogP contribution >= 0.6 is 35.0 Å². The highest BCUT2D eigenvalue weighted by atomic mass is 35.5. The lowest BCUT2D eigenvalue weighted by Gasteiger charge is -2.15. The number of ether oxygens (including phenoxy) is 2. The van der Waals surface area contributed by atoms with Crippen LogP contribution in [0.2, 0.25) is 10.0 Å². The fraction of sp³-hybridized carbons (Fsp3) is 0.286. The molecule has 1 aromatic heterocycles. The molecule has 7 nitrogen and oxygen atoms in total. The Morgan fingerprint density at radius 3 is 2.71 bits per heavy atom. The predicted molar refractivity (Wildman–Crippen MR) is 123 cm³/mol. The van der Waals surface area contributed by atoms with Gasteiger partial charge >= 0.3 is 0 Å². The van der Waals surface area contributed by atoms with Gasteiger partial charge in [0.1, 0.15) is 0 Å². The molecule has 0 fully saturated rings. The van der Waals surface area contributed by atoms with Gasteiger partial charge < -0.3 is 14.8 Å². The number of thioether (sulfide) groups is 1. The summed E-state index contributed by atoms with van der Waals surface area (Å²) >= 11 is 13.5. The van der Waals surface area contributed by atoms with E-state index in [1.165, 1.54) is 11.8 Å². The van der Waals surface area contributed by atoms with Crippen molar-refractivity contribution in [3.63, 3.8) is 0 Å². The third-order valence-electron chi connectivity index (χ3n) is 4.50. The third kappa shape index (κ3) is 4.76. The minimum atomic E-state index is -0.285. The van der Waals surface area contributed by atoms with Gasteiger partial charge in [0.2, 0.25) is 12.7 Å². The van der Waals surface area contributed by atoms with Gasteiger partial charge in [0.25, 0.3) is 5.56 Å². The van der Waals surface area contributed by atoms with Crippen molar-refractivity contribution in [1.82, 2.24) is 9.55 Å². The van der Waals surface area contributed by atoms with Crippen molar-refractivity contribution < 1.29 is 14.3 Å². The first-order valence-electron chi connectivity index (χ1n) is 9.53. The molecule has 31 heavy (non-hydrogen) atoms. The van der Waals surface area contributed by atoms with Crippen molar-refractivity contribution in [3.8, 4) is 11.5 Å². The fourth-order valence-corrected chi connectivity index (χ4v) is 4.32. The number of carbonyl (C=O) groups is 1. The molecular weight excluding hydrogens is 461 g/mol. The first-order valence-corrected chi connectivity index (χ1v) is 11.3. The van der Waals surface area contributed by atoms with Crippen molar-refractivity contribution in [3.05, 3.63) is 50.7 Å². The highest BCUT2D eigenvalue weighted by Gasteiger charge is 2.19. The summed E-state index contributed by atoms with van der Waals surface area (Å²) < 4.78 is 12.2.